The van der Waals surface area contributed by atoms with Gasteiger partial charge in [-0.25, -0.2) is 0 Å². The first-order valence-electron chi connectivity index (χ1n) is 9.35. The molecule has 3 heterocycles. The summed E-state index contributed by atoms with van der Waals surface area (Å²) in [5.74, 6) is 1.75. The molecule has 0 saturated carbocycles. The Morgan fingerprint density at radius 1 is 1.00 bits per heavy atom. The topological polar surface area (TPSA) is 57.6 Å². The standard InChI is InChI=1S/C22H21N3O2/c26-19-12-16(15-4-3-9-24-14-15)13-21-22(19)25(17-7-10-23-11-8-17)18-5-1-2-6-20(18)27-21/h1-6,9,12-14,17,23,26H,7-8,10-11H2. The lowest BCUT2D eigenvalue weighted by atomic mass is 9.99. The van der Waals surface area contributed by atoms with Crippen molar-refractivity contribution in [3.05, 3.63) is 60.9 Å². The molecule has 0 atom stereocenters. The Balaban J connectivity index is 1.66. The van der Waals surface area contributed by atoms with Gasteiger partial charge in [0.15, 0.2) is 11.5 Å². The molecule has 1 fully saturated rings. The van der Waals surface area contributed by atoms with Crippen LogP contribution in [0.5, 0.6) is 17.2 Å². The Morgan fingerprint density at radius 2 is 1.85 bits per heavy atom. The van der Waals surface area contributed by atoms with Crippen LogP contribution in [0.4, 0.5) is 11.4 Å². The average molecular weight is 359 g/mol. The number of pyridine rings is 1. The van der Waals surface area contributed by atoms with Gasteiger partial charge in [-0.15, -0.1) is 0 Å². The van der Waals surface area contributed by atoms with Crippen LogP contribution in [0.15, 0.2) is 60.9 Å². The highest BCUT2D eigenvalue weighted by molar-refractivity contribution is 5.85. The maximum absolute atomic E-state index is 11.0. The maximum atomic E-state index is 11.0. The van der Waals surface area contributed by atoms with E-state index in [-0.39, 0.29) is 5.75 Å². The number of rotatable bonds is 2. The number of nitrogens with zero attached hydrogens (tertiary/aromatic N) is 2. The second-order valence-electron chi connectivity index (χ2n) is 7.00. The summed E-state index contributed by atoms with van der Waals surface area (Å²) in [6.07, 6.45) is 5.59. The molecule has 2 aliphatic rings. The highest BCUT2D eigenvalue weighted by Crippen LogP contribution is 2.53. The van der Waals surface area contributed by atoms with Gasteiger partial charge in [-0.05, 0) is 61.8 Å². The first-order chi connectivity index (χ1) is 13.3. The number of benzene rings is 2. The molecule has 3 aromatic rings. The molecule has 1 aromatic heterocycles. The molecule has 2 N–H and O–H groups in total. The minimum absolute atomic E-state index is 0.236. The fourth-order valence-electron chi connectivity index (χ4n) is 4.04. The van der Waals surface area contributed by atoms with E-state index in [2.05, 4.69) is 21.3 Å². The van der Waals surface area contributed by atoms with Crippen molar-refractivity contribution >= 4 is 11.4 Å². The summed E-state index contributed by atoms with van der Waals surface area (Å²) in [5, 5.41) is 14.4. The number of nitrogens with one attached hydrogen (secondary N) is 1. The molecule has 136 valence electrons. The summed E-state index contributed by atoms with van der Waals surface area (Å²) in [4.78, 5) is 6.45. The molecule has 0 amide bonds. The van der Waals surface area contributed by atoms with Gasteiger partial charge in [0, 0.05) is 24.0 Å². The molecular formula is C22H21N3O2. The van der Waals surface area contributed by atoms with Gasteiger partial charge in [0.05, 0.1) is 5.69 Å². The second-order valence-corrected chi connectivity index (χ2v) is 7.00. The highest BCUT2D eigenvalue weighted by Gasteiger charge is 2.33. The SMILES string of the molecule is Oc1cc(-c2cccnc2)cc2c1N(C1CCNCC1)c1ccccc1O2. The third kappa shape index (κ3) is 2.80. The molecule has 0 radical (unpaired) electrons. The largest absolute Gasteiger partial charge is 0.506 e. The van der Waals surface area contributed by atoms with Crippen molar-refractivity contribution < 1.29 is 9.84 Å². The van der Waals surface area contributed by atoms with Gasteiger partial charge in [0.1, 0.15) is 11.4 Å². The van der Waals surface area contributed by atoms with Gasteiger partial charge in [-0.3, -0.25) is 4.98 Å². The molecule has 5 nitrogen and oxygen atoms in total. The number of piperidine rings is 1. The van der Waals surface area contributed by atoms with E-state index < -0.39 is 0 Å². The summed E-state index contributed by atoms with van der Waals surface area (Å²) >= 11 is 0. The van der Waals surface area contributed by atoms with E-state index in [0.717, 1.165) is 54.2 Å². The van der Waals surface area contributed by atoms with Crippen molar-refractivity contribution in [2.75, 3.05) is 18.0 Å². The van der Waals surface area contributed by atoms with Crippen LogP contribution in [0.2, 0.25) is 0 Å². The Hall–Kier alpha value is -3.05. The van der Waals surface area contributed by atoms with E-state index in [9.17, 15) is 5.11 Å². The van der Waals surface area contributed by atoms with E-state index in [1.165, 1.54) is 0 Å². The summed E-state index contributed by atoms with van der Waals surface area (Å²) in [7, 11) is 0. The van der Waals surface area contributed by atoms with Crippen molar-refractivity contribution in [2.24, 2.45) is 0 Å². The van der Waals surface area contributed by atoms with Crippen LogP contribution in [0, 0.1) is 0 Å². The number of aromatic hydroxyl groups is 1. The summed E-state index contributed by atoms with van der Waals surface area (Å²) in [6.45, 7) is 1.96. The number of anilines is 2. The summed E-state index contributed by atoms with van der Waals surface area (Å²) < 4.78 is 6.20. The predicted octanol–water partition coefficient (Wildman–Crippen LogP) is 4.45. The first kappa shape index (κ1) is 16.1. The third-order valence-corrected chi connectivity index (χ3v) is 5.31. The molecule has 27 heavy (non-hydrogen) atoms. The number of para-hydroxylation sites is 2. The molecule has 1 saturated heterocycles. The zero-order chi connectivity index (χ0) is 18.2. The van der Waals surface area contributed by atoms with E-state index in [0.29, 0.717) is 11.8 Å². The zero-order valence-corrected chi connectivity index (χ0v) is 14.9. The molecular weight excluding hydrogens is 338 g/mol. The Morgan fingerprint density at radius 3 is 2.67 bits per heavy atom. The molecule has 0 aliphatic carbocycles. The van der Waals surface area contributed by atoms with Crippen LogP contribution in [0.25, 0.3) is 11.1 Å². The van der Waals surface area contributed by atoms with Crippen LogP contribution >= 0.6 is 0 Å². The molecule has 0 spiro atoms. The van der Waals surface area contributed by atoms with Crippen LogP contribution in [-0.4, -0.2) is 29.2 Å². The molecule has 5 heteroatoms. The highest BCUT2D eigenvalue weighted by atomic mass is 16.5. The van der Waals surface area contributed by atoms with Crippen LogP contribution in [0.3, 0.4) is 0 Å². The van der Waals surface area contributed by atoms with Crippen LogP contribution in [0.1, 0.15) is 12.8 Å². The smallest absolute Gasteiger partial charge is 0.155 e. The third-order valence-electron chi connectivity index (χ3n) is 5.31. The molecule has 0 bridgehead atoms. The predicted molar refractivity (Wildman–Crippen MR) is 106 cm³/mol. The average Bonchev–Trinajstić information content (AvgIpc) is 2.73. The first-order valence-corrected chi connectivity index (χ1v) is 9.35. The van der Waals surface area contributed by atoms with Gasteiger partial charge in [-0.2, -0.15) is 0 Å². The van der Waals surface area contributed by atoms with Gasteiger partial charge < -0.3 is 20.1 Å². The van der Waals surface area contributed by atoms with Crippen LogP contribution < -0.4 is 15.0 Å². The van der Waals surface area contributed by atoms with Crippen molar-refractivity contribution in [2.45, 2.75) is 18.9 Å². The quantitative estimate of drug-likeness (QED) is 0.708. The van der Waals surface area contributed by atoms with E-state index in [1.54, 1.807) is 18.5 Å². The molecule has 0 unspecified atom stereocenters. The molecule has 5 rings (SSSR count). The van der Waals surface area contributed by atoms with Gasteiger partial charge in [0.25, 0.3) is 0 Å². The van der Waals surface area contributed by atoms with Crippen molar-refractivity contribution in [3.8, 4) is 28.4 Å². The van der Waals surface area contributed by atoms with Crippen molar-refractivity contribution in [1.82, 2.24) is 10.3 Å². The van der Waals surface area contributed by atoms with Gasteiger partial charge in [-0.1, -0.05) is 18.2 Å². The fourth-order valence-corrected chi connectivity index (χ4v) is 4.04. The fraction of sp³-hybridized carbons (Fsp3) is 0.227. The number of hydrogen-bond acceptors (Lipinski definition) is 5. The van der Waals surface area contributed by atoms with Crippen LogP contribution in [-0.2, 0) is 0 Å². The number of phenolic OH excluding ortho intramolecular Hbond substituents is 1. The lowest BCUT2D eigenvalue weighted by Gasteiger charge is -2.40. The normalized spacial score (nSPS) is 16.4. The van der Waals surface area contributed by atoms with Gasteiger partial charge >= 0.3 is 0 Å². The summed E-state index contributed by atoms with van der Waals surface area (Å²) in [5.41, 5.74) is 3.62. The van der Waals surface area contributed by atoms with E-state index in [4.69, 9.17) is 4.74 Å². The lowest BCUT2D eigenvalue weighted by molar-refractivity contribution is 0.413. The maximum Gasteiger partial charge on any atom is 0.155 e. The van der Waals surface area contributed by atoms with E-state index in [1.807, 2.05) is 36.4 Å². The monoisotopic (exact) mass is 359 g/mol. The Bertz CT molecular complexity index is 969. The lowest BCUT2D eigenvalue weighted by Crippen LogP contribution is -2.41. The Kier molecular flexibility index (Phi) is 3.94. The number of aromatic nitrogens is 1. The zero-order valence-electron chi connectivity index (χ0n) is 14.9. The number of fused-ring (bicyclic) bond motifs is 2. The second kappa shape index (κ2) is 6.59. The van der Waals surface area contributed by atoms with Crippen molar-refractivity contribution in [1.29, 1.82) is 0 Å². The Labute approximate surface area is 158 Å². The summed E-state index contributed by atoms with van der Waals surface area (Å²) in [6, 6.07) is 16.0. The minimum Gasteiger partial charge on any atom is -0.506 e. The molecule has 2 aliphatic heterocycles. The van der Waals surface area contributed by atoms with Crippen molar-refractivity contribution in [3.63, 3.8) is 0 Å². The van der Waals surface area contributed by atoms with Gasteiger partial charge in [0.2, 0.25) is 0 Å². The number of phenols is 1. The van der Waals surface area contributed by atoms with E-state index >= 15 is 0 Å². The number of hydrogen-bond donors (Lipinski definition) is 2. The molecule has 2 aromatic carbocycles. The minimum atomic E-state index is 0.236. The number of ether oxygens (including phenoxy) is 1.